The van der Waals surface area contributed by atoms with Crippen molar-refractivity contribution < 1.29 is 13.5 Å². The Morgan fingerprint density at radius 2 is 1.53 bits per heavy atom. The van der Waals surface area contributed by atoms with E-state index in [1.54, 1.807) is 24.3 Å². The van der Waals surface area contributed by atoms with E-state index in [-0.39, 0.29) is 5.95 Å². The second kappa shape index (κ2) is 12.4. The minimum Gasteiger partial charge on any atom is -0.378 e. The molecule has 12 heteroatoms. The molecule has 2 aromatic heterocycles. The highest BCUT2D eigenvalue weighted by molar-refractivity contribution is 5.77. The largest absolute Gasteiger partial charge is 0.378 e. The summed E-state index contributed by atoms with van der Waals surface area (Å²) >= 11 is 0. The fourth-order valence-electron chi connectivity index (χ4n) is 5.91. The van der Waals surface area contributed by atoms with E-state index in [2.05, 4.69) is 70.1 Å². The van der Waals surface area contributed by atoms with Crippen molar-refractivity contribution in [2.45, 2.75) is 39.2 Å². The molecule has 4 heterocycles. The van der Waals surface area contributed by atoms with E-state index in [1.165, 1.54) is 15.8 Å². The summed E-state index contributed by atoms with van der Waals surface area (Å²) in [4.78, 5) is 25.3. The molecule has 0 radical (unpaired) electrons. The highest BCUT2D eigenvalue weighted by atomic mass is 19.3. The van der Waals surface area contributed by atoms with Crippen LogP contribution in [0.4, 0.5) is 26.4 Å². The molecular weight excluding hydrogens is 552 g/mol. The molecule has 0 saturated carbocycles. The molecule has 2 fully saturated rings. The van der Waals surface area contributed by atoms with Crippen LogP contribution in [0.25, 0.3) is 17.0 Å². The Balaban J connectivity index is 1.34. The van der Waals surface area contributed by atoms with Crippen LogP contribution in [0, 0.1) is 0 Å². The molecule has 0 unspecified atom stereocenters. The van der Waals surface area contributed by atoms with Crippen molar-refractivity contribution >= 4 is 28.6 Å². The number of halogens is 2. The van der Waals surface area contributed by atoms with Gasteiger partial charge in [0.25, 0.3) is 6.43 Å². The zero-order valence-electron chi connectivity index (χ0n) is 25.0. The lowest BCUT2D eigenvalue weighted by Gasteiger charge is -2.37. The number of rotatable bonds is 9. The van der Waals surface area contributed by atoms with Crippen LogP contribution in [0.2, 0.25) is 0 Å². The number of ether oxygens (including phenoxy) is 1. The topological polar surface area (TPSA) is 87.5 Å². The number of fused-ring (bicyclic) bond motifs is 1. The van der Waals surface area contributed by atoms with Gasteiger partial charge in [-0.15, -0.1) is 0 Å². The maximum atomic E-state index is 14.2. The van der Waals surface area contributed by atoms with Gasteiger partial charge in [0, 0.05) is 50.5 Å². The van der Waals surface area contributed by atoms with Crippen molar-refractivity contribution in [1.82, 2.24) is 29.4 Å². The molecule has 0 spiro atoms. The van der Waals surface area contributed by atoms with E-state index in [0.717, 1.165) is 32.7 Å². The van der Waals surface area contributed by atoms with Crippen LogP contribution in [0.15, 0.2) is 48.5 Å². The number of piperazine rings is 1. The lowest BCUT2D eigenvalue weighted by Crippen LogP contribution is -2.46. The number of nitrogens with one attached hydrogen (secondary N) is 1. The molecule has 10 nitrogen and oxygen atoms in total. The van der Waals surface area contributed by atoms with Crippen LogP contribution < -0.4 is 15.1 Å². The van der Waals surface area contributed by atoms with Gasteiger partial charge in [0.15, 0.2) is 5.82 Å². The third kappa shape index (κ3) is 6.40. The molecule has 0 atom stereocenters. The monoisotopic (exact) mass is 591 g/mol. The van der Waals surface area contributed by atoms with Gasteiger partial charge in [-0.2, -0.15) is 15.0 Å². The van der Waals surface area contributed by atoms with Gasteiger partial charge in [-0.1, -0.05) is 37.3 Å². The minimum atomic E-state index is -2.81. The first-order valence-corrected chi connectivity index (χ1v) is 15.0. The maximum Gasteiger partial charge on any atom is 0.296 e. The number of morpholine rings is 1. The molecule has 0 bridgehead atoms. The van der Waals surface area contributed by atoms with Crippen molar-refractivity contribution in [2.75, 3.05) is 74.1 Å². The molecular formula is C31H39F2N9O. The van der Waals surface area contributed by atoms with Gasteiger partial charge < -0.3 is 24.8 Å². The molecule has 2 aliphatic heterocycles. The fourth-order valence-corrected chi connectivity index (χ4v) is 5.91. The Hall–Kier alpha value is -3.90. The lowest BCUT2D eigenvalue weighted by atomic mass is 9.93. The lowest BCUT2D eigenvalue weighted by molar-refractivity contribution is 0.122. The maximum absolute atomic E-state index is 14.2. The predicted molar refractivity (Wildman–Crippen MR) is 165 cm³/mol. The van der Waals surface area contributed by atoms with Crippen molar-refractivity contribution in [1.29, 1.82) is 0 Å². The van der Waals surface area contributed by atoms with Gasteiger partial charge in [0.05, 0.1) is 24.2 Å². The van der Waals surface area contributed by atoms with Crippen molar-refractivity contribution in [3.63, 3.8) is 0 Å². The Labute approximate surface area is 250 Å². The summed E-state index contributed by atoms with van der Waals surface area (Å²) in [5.41, 5.74) is 2.97. The average molecular weight is 592 g/mol. The van der Waals surface area contributed by atoms with Gasteiger partial charge in [-0.05, 0) is 50.6 Å². The second-order valence-corrected chi connectivity index (χ2v) is 11.7. The molecule has 1 N–H and O–H groups in total. The van der Waals surface area contributed by atoms with Crippen LogP contribution in [-0.2, 0) is 11.2 Å². The Kier molecular flexibility index (Phi) is 8.40. The number of alkyl halides is 2. The van der Waals surface area contributed by atoms with Gasteiger partial charge in [-0.3, -0.25) is 4.57 Å². The number of anilines is 3. The fraction of sp³-hybridized carbons (Fsp3) is 0.484. The van der Waals surface area contributed by atoms with E-state index in [1.807, 2.05) is 4.90 Å². The summed E-state index contributed by atoms with van der Waals surface area (Å²) in [7, 11) is 0. The average Bonchev–Trinajstić information content (AvgIpc) is 3.42. The zero-order valence-corrected chi connectivity index (χ0v) is 25.0. The minimum absolute atomic E-state index is 0.105. The summed E-state index contributed by atoms with van der Waals surface area (Å²) in [5, 5.41) is 3.52. The van der Waals surface area contributed by atoms with E-state index in [4.69, 9.17) is 14.7 Å². The SMILES string of the molecule is CCN1CCN(c2ccccc2CC(C)(C)Nc2nc(N3CCOCC3)nc(-n3c(C(F)F)nc4ccccc43)n2)CC1. The van der Waals surface area contributed by atoms with Crippen LogP contribution in [0.5, 0.6) is 0 Å². The highest BCUT2D eigenvalue weighted by Gasteiger charge is 2.28. The molecule has 43 heavy (non-hydrogen) atoms. The Morgan fingerprint density at radius 3 is 2.28 bits per heavy atom. The molecule has 2 saturated heterocycles. The molecule has 228 valence electrons. The number of hydrogen-bond donors (Lipinski definition) is 1. The highest BCUT2D eigenvalue weighted by Crippen LogP contribution is 2.30. The molecule has 0 amide bonds. The van der Waals surface area contributed by atoms with Gasteiger partial charge in [-0.25, -0.2) is 13.8 Å². The number of benzene rings is 2. The van der Waals surface area contributed by atoms with E-state index < -0.39 is 17.8 Å². The first-order chi connectivity index (χ1) is 20.8. The third-order valence-corrected chi connectivity index (χ3v) is 8.12. The first kappa shape index (κ1) is 29.2. The van der Waals surface area contributed by atoms with Crippen LogP contribution in [-0.4, -0.2) is 94.0 Å². The van der Waals surface area contributed by atoms with Crippen molar-refractivity contribution in [3.05, 3.63) is 59.9 Å². The summed E-state index contributed by atoms with van der Waals surface area (Å²) in [6, 6.07) is 15.6. The first-order valence-electron chi connectivity index (χ1n) is 15.0. The Bertz CT molecular complexity index is 1550. The molecule has 0 aliphatic carbocycles. The molecule has 4 aromatic rings. The number of likely N-dealkylation sites (N-methyl/N-ethyl adjacent to an activating group) is 1. The van der Waals surface area contributed by atoms with Crippen molar-refractivity contribution in [2.24, 2.45) is 0 Å². The molecule has 2 aromatic carbocycles. The normalized spacial score (nSPS) is 16.8. The number of para-hydroxylation sites is 3. The van der Waals surface area contributed by atoms with Gasteiger partial charge in [0.2, 0.25) is 17.8 Å². The smallest absolute Gasteiger partial charge is 0.296 e. The standard InChI is InChI=1S/C31H39F2N9O/c1-4-39-13-15-40(16-14-39)24-11-7-5-9-22(24)21-31(2,3)38-28-35-29(41-17-19-43-20-18-41)37-30(36-28)42-25-12-8-6-10-23(25)34-27(42)26(32)33/h5-12,26H,4,13-21H2,1-3H3,(H,35,36,37,38). The third-order valence-electron chi connectivity index (χ3n) is 8.12. The number of aromatic nitrogens is 5. The molecule has 6 rings (SSSR count). The summed E-state index contributed by atoms with van der Waals surface area (Å²) in [6.45, 7) is 13.8. The van der Waals surface area contributed by atoms with Gasteiger partial charge >= 0.3 is 0 Å². The van der Waals surface area contributed by atoms with E-state index >= 15 is 0 Å². The number of imidazole rings is 1. The van der Waals surface area contributed by atoms with E-state index in [9.17, 15) is 8.78 Å². The van der Waals surface area contributed by atoms with Crippen LogP contribution in [0.1, 0.15) is 38.6 Å². The quantitative estimate of drug-likeness (QED) is 0.301. The predicted octanol–water partition coefficient (Wildman–Crippen LogP) is 4.56. The van der Waals surface area contributed by atoms with E-state index in [0.29, 0.717) is 55.7 Å². The number of hydrogen-bond acceptors (Lipinski definition) is 9. The summed E-state index contributed by atoms with van der Waals surface area (Å²) in [6.07, 6.45) is -2.10. The second-order valence-electron chi connectivity index (χ2n) is 11.7. The summed E-state index contributed by atoms with van der Waals surface area (Å²) < 4.78 is 35.4. The van der Waals surface area contributed by atoms with Crippen molar-refractivity contribution in [3.8, 4) is 5.95 Å². The van der Waals surface area contributed by atoms with Crippen LogP contribution >= 0.6 is 0 Å². The Morgan fingerprint density at radius 1 is 0.837 bits per heavy atom. The zero-order chi connectivity index (χ0) is 30.0. The van der Waals surface area contributed by atoms with Gasteiger partial charge in [0.1, 0.15) is 0 Å². The van der Waals surface area contributed by atoms with Crippen LogP contribution in [0.3, 0.4) is 0 Å². The summed E-state index contributed by atoms with van der Waals surface area (Å²) in [5.74, 6) is 0.443. The number of nitrogens with zero attached hydrogens (tertiary/aromatic N) is 8. The molecule has 2 aliphatic rings.